The summed E-state index contributed by atoms with van der Waals surface area (Å²) in [6.45, 7) is 2.02. The van der Waals surface area contributed by atoms with Crippen molar-refractivity contribution in [1.29, 1.82) is 0 Å². The number of hydrogen-bond donors (Lipinski definition) is 2. The molecule has 0 aliphatic rings. The van der Waals surface area contributed by atoms with Gasteiger partial charge >= 0.3 is 5.97 Å². The summed E-state index contributed by atoms with van der Waals surface area (Å²) in [5, 5.41) is 10.1. The summed E-state index contributed by atoms with van der Waals surface area (Å²) in [5.41, 5.74) is 3.29. The largest absolute Gasteiger partial charge is 0.488 e. The smallest absolute Gasteiger partial charge is 0.335 e. The van der Waals surface area contributed by atoms with Crippen molar-refractivity contribution in [1.82, 2.24) is 4.57 Å². The quantitative estimate of drug-likeness (QED) is 0.297. The maximum atomic E-state index is 13.3. The van der Waals surface area contributed by atoms with Crippen molar-refractivity contribution in [2.75, 3.05) is 11.0 Å². The highest BCUT2D eigenvalue weighted by molar-refractivity contribution is 7.92. The van der Waals surface area contributed by atoms with Crippen LogP contribution in [0.3, 0.4) is 0 Å². The van der Waals surface area contributed by atoms with E-state index >= 15 is 0 Å². The number of nitrogens with one attached hydrogen (secondary N) is 1. The van der Waals surface area contributed by atoms with Crippen LogP contribution in [0, 0.1) is 12.7 Å². The second kappa shape index (κ2) is 10.0. The van der Waals surface area contributed by atoms with Crippen LogP contribution in [0.4, 0.5) is 10.1 Å². The highest BCUT2D eigenvalue weighted by Crippen LogP contribution is 2.36. The lowest BCUT2D eigenvalue weighted by Gasteiger charge is -2.17. The molecule has 3 aromatic carbocycles. The number of carboxylic acids is 1. The van der Waals surface area contributed by atoms with Crippen LogP contribution < -0.4 is 9.46 Å². The number of hydrogen-bond acceptors (Lipinski definition) is 4. The van der Waals surface area contributed by atoms with Crippen LogP contribution in [0.15, 0.2) is 72.8 Å². The van der Waals surface area contributed by atoms with Crippen molar-refractivity contribution < 1.29 is 27.4 Å². The molecule has 0 aliphatic carbocycles. The molecule has 186 valence electrons. The maximum absolute atomic E-state index is 13.3. The van der Waals surface area contributed by atoms with Gasteiger partial charge in [-0.1, -0.05) is 23.7 Å². The predicted molar refractivity (Wildman–Crippen MR) is 137 cm³/mol. The molecule has 0 atom stereocenters. The minimum atomic E-state index is -3.64. The third-order valence-corrected chi connectivity index (χ3v) is 6.17. The molecule has 10 heteroatoms. The SMILES string of the molecule is Cc1ccc(-c2cc(Cl)ccc2OCc2ccc(F)cc2)n1-c1cc(NS(C)(=O)=O)cc(C(=O)O)c1. The van der Waals surface area contributed by atoms with Gasteiger partial charge in [0, 0.05) is 22.0 Å². The number of halogens is 2. The number of aromatic nitrogens is 1. The average Bonchev–Trinajstić information content (AvgIpc) is 3.19. The summed E-state index contributed by atoms with van der Waals surface area (Å²) < 4.78 is 47.0. The summed E-state index contributed by atoms with van der Waals surface area (Å²) in [4.78, 5) is 11.8. The molecule has 2 N–H and O–H groups in total. The van der Waals surface area contributed by atoms with Crippen molar-refractivity contribution >= 4 is 33.3 Å². The fraction of sp³-hybridized carbons (Fsp3) is 0.115. The van der Waals surface area contributed by atoms with Crippen LogP contribution in [0.5, 0.6) is 5.75 Å². The van der Waals surface area contributed by atoms with Gasteiger partial charge in [0.1, 0.15) is 18.2 Å². The van der Waals surface area contributed by atoms with E-state index in [2.05, 4.69) is 4.72 Å². The van der Waals surface area contributed by atoms with Crippen molar-refractivity contribution in [2.45, 2.75) is 13.5 Å². The van der Waals surface area contributed by atoms with E-state index in [0.29, 0.717) is 27.7 Å². The third kappa shape index (κ3) is 5.87. The van der Waals surface area contributed by atoms with Gasteiger partial charge in [-0.3, -0.25) is 4.72 Å². The Bertz CT molecular complexity index is 1550. The molecule has 1 aromatic heterocycles. The molecule has 0 unspecified atom stereocenters. The van der Waals surface area contributed by atoms with Crippen LogP contribution >= 0.6 is 11.6 Å². The highest BCUT2D eigenvalue weighted by atomic mass is 35.5. The van der Waals surface area contributed by atoms with Crippen LogP contribution in [-0.2, 0) is 16.6 Å². The Kier molecular flexibility index (Phi) is 7.05. The minimum Gasteiger partial charge on any atom is -0.488 e. The first kappa shape index (κ1) is 25.3. The Morgan fingerprint density at radius 2 is 1.78 bits per heavy atom. The molecule has 36 heavy (non-hydrogen) atoms. The molecule has 4 rings (SSSR count). The van der Waals surface area contributed by atoms with Gasteiger partial charge in [-0.15, -0.1) is 0 Å². The first-order chi connectivity index (χ1) is 17.0. The zero-order valence-corrected chi connectivity index (χ0v) is 20.9. The van der Waals surface area contributed by atoms with Crippen LogP contribution in [0.25, 0.3) is 16.9 Å². The van der Waals surface area contributed by atoms with E-state index in [1.165, 1.54) is 24.3 Å². The van der Waals surface area contributed by atoms with Crippen LogP contribution in [0.2, 0.25) is 5.02 Å². The van der Waals surface area contributed by atoms with Crippen molar-refractivity contribution in [2.24, 2.45) is 0 Å². The number of benzene rings is 3. The zero-order valence-electron chi connectivity index (χ0n) is 19.3. The summed E-state index contributed by atoms with van der Waals surface area (Å²) in [6.07, 6.45) is 0.989. The number of ether oxygens (including phenoxy) is 1. The van der Waals surface area contributed by atoms with Gasteiger partial charge in [-0.05, 0) is 73.2 Å². The van der Waals surface area contributed by atoms with Gasteiger partial charge < -0.3 is 14.4 Å². The first-order valence-corrected chi connectivity index (χ1v) is 13.0. The minimum absolute atomic E-state index is 0.0865. The van der Waals surface area contributed by atoms with Gasteiger partial charge in [0.15, 0.2) is 0 Å². The lowest BCUT2D eigenvalue weighted by atomic mass is 10.1. The first-order valence-electron chi connectivity index (χ1n) is 10.7. The van der Waals surface area contributed by atoms with Crippen molar-refractivity contribution in [3.8, 4) is 22.7 Å². The normalized spacial score (nSPS) is 11.3. The fourth-order valence-corrected chi connectivity index (χ4v) is 4.52. The molecule has 1 heterocycles. The number of carbonyl (C=O) groups is 1. The van der Waals surface area contributed by atoms with Crippen molar-refractivity contribution in [3.05, 3.63) is 100 Å². The topological polar surface area (TPSA) is 97.6 Å². The molecule has 0 saturated heterocycles. The second-order valence-corrected chi connectivity index (χ2v) is 10.4. The Morgan fingerprint density at radius 3 is 2.44 bits per heavy atom. The van der Waals surface area contributed by atoms with E-state index in [0.717, 1.165) is 17.5 Å². The lowest BCUT2D eigenvalue weighted by molar-refractivity contribution is 0.0697. The predicted octanol–water partition coefficient (Wildman–Crippen LogP) is 5.89. The maximum Gasteiger partial charge on any atom is 0.335 e. The molecular weight excluding hydrogens is 507 g/mol. The number of nitrogens with zero attached hydrogens (tertiary/aromatic N) is 1. The number of anilines is 1. The van der Waals surface area contributed by atoms with E-state index in [4.69, 9.17) is 16.3 Å². The monoisotopic (exact) mass is 528 g/mol. The van der Waals surface area contributed by atoms with E-state index in [1.807, 2.05) is 19.1 Å². The number of carboxylic acid groups (broad SMARTS) is 1. The van der Waals surface area contributed by atoms with Gasteiger partial charge in [-0.25, -0.2) is 17.6 Å². The molecule has 0 radical (unpaired) electrons. The molecule has 0 fully saturated rings. The zero-order chi connectivity index (χ0) is 26.0. The standard InChI is InChI=1S/C26H22ClFN2O5S/c1-16-3-9-24(30(16)22-12-18(26(31)32)11-21(14-22)29-36(2,33)34)23-13-19(27)6-10-25(23)35-15-17-4-7-20(28)8-5-17/h3-14,29H,15H2,1-2H3,(H,31,32). The molecule has 0 bridgehead atoms. The third-order valence-electron chi connectivity index (χ3n) is 5.33. The number of aryl methyl sites for hydroxylation is 1. The van der Waals surface area contributed by atoms with Crippen LogP contribution in [-0.4, -0.2) is 30.3 Å². The number of aromatic carboxylic acids is 1. The summed E-state index contributed by atoms with van der Waals surface area (Å²) in [5.74, 6) is -1.04. The van der Waals surface area contributed by atoms with Gasteiger partial charge in [-0.2, -0.15) is 0 Å². The molecule has 4 aromatic rings. The Hall–Kier alpha value is -3.82. The van der Waals surface area contributed by atoms with Gasteiger partial charge in [0.05, 0.1) is 23.2 Å². The molecule has 0 amide bonds. The van der Waals surface area contributed by atoms with Crippen LogP contribution in [0.1, 0.15) is 21.6 Å². The fourth-order valence-electron chi connectivity index (χ4n) is 3.80. The number of sulfonamides is 1. The summed E-state index contributed by atoms with van der Waals surface area (Å²) in [7, 11) is -3.64. The summed E-state index contributed by atoms with van der Waals surface area (Å²) in [6, 6.07) is 19.0. The molecule has 0 aliphatic heterocycles. The molecule has 7 nitrogen and oxygen atoms in total. The molecule has 0 saturated carbocycles. The van der Waals surface area contributed by atoms with E-state index in [-0.39, 0.29) is 23.7 Å². The lowest BCUT2D eigenvalue weighted by Crippen LogP contribution is -2.11. The van der Waals surface area contributed by atoms with Gasteiger partial charge in [0.25, 0.3) is 0 Å². The van der Waals surface area contributed by atoms with Gasteiger partial charge in [0.2, 0.25) is 10.0 Å². The average molecular weight is 529 g/mol. The van der Waals surface area contributed by atoms with E-state index in [9.17, 15) is 22.7 Å². The van der Waals surface area contributed by atoms with Crippen molar-refractivity contribution in [3.63, 3.8) is 0 Å². The summed E-state index contributed by atoms with van der Waals surface area (Å²) >= 11 is 6.31. The Labute approximate surface area is 212 Å². The van der Waals surface area contributed by atoms with E-state index in [1.54, 1.807) is 41.0 Å². The molecule has 0 spiro atoms. The highest BCUT2D eigenvalue weighted by Gasteiger charge is 2.18. The second-order valence-electron chi connectivity index (χ2n) is 8.20. The number of rotatable bonds is 8. The van der Waals surface area contributed by atoms with E-state index < -0.39 is 16.0 Å². The Balaban J connectivity index is 1.81. The Morgan fingerprint density at radius 1 is 1.06 bits per heavy atom. The molecular formula is C26H22ClFN2O5S.